The molecule has 0 amide bonds. The van der Waals surface area contributed by atoms with E-state index in [0.717, 1.165) is 28.0 Å². The van der Waals surface area contributed by atoms with Crippen LogP contribution in [-0.2, 0) is 10.0 Å². The number of sulfonamides is 1. The summed E-state index contributed by atoms with van der Waals surface area (Å²) >= 11 is 3.33. The van der Waals surface area contributed by atoms with E-state index in [9.17, 15) is 8.42 Å². The van der Waals surface area contributed by atoms with E-state index >= 15 is 0 Å². The van der Waals surface area contributed by atoms with E-state index in [0.29, 0.717) is 18.0 Å². The number of hydrogen-bond acceptors (Lipinski definition) is 4. The minimum atomic E-state index is -3.45. The Morgan fingerprint density at radius 1 is 1.04 bits per heavy atom. The van der Waals surface area contributed by atoms with Crippen molar-refractivity contribution >= 4 is 26.0 Å². The molecule has 4 rings (SSSR count). The third-order valence-corrected chi connectivity index (χ3v) is 6.88. The first-order valence-electron chi connectivity index (χ1n) is 7.69. The summed E-state index contributed by atoms with van der Waals surface area (Å²) in [5.41, 5.74) is 1.09. The Morgan fingerprint density at radius 2 is 1.79 bits per heavy atom. The van der Waals surface area contributed by atoms with Crippen LogP contribution in [0.2, 0.25) is 0 Å². The summed E-state index contributed by atoms with van der Waals surface area (Å²) in [4.78, 5) is 0.331. The molecule has 1 atom stereocenters. The molecule has 24 heavy (non-hydrogen) atoms. The fourth-order valence-electron chi connectivity index (χ4n) is 3.14. The standard InChI is InChI=1S/C17H16BrNO4S/c18-14-2-4-15(5-3-14)24(20,21)19-8-7-13(10-19)12-1-6-16-17(9-12)23-11-22-16/h1-6,9,13H,7-8,10-11H2. The van der Waals surface area contributed by atoms with Crippen molar-refractivity contribution in [2.24, 2.45) is 0 Å². The predicted octanol–water partition coefficient (Wildman–Crippen LogP) is 3.36. The van der Waals surface area contributed by atoms with Gasteiger partial charge in [0.2, 0.25) is 16.8 Å². The van der Waals surface area contributed by atoms with E-state index in [1.807, 2.05) is 18.2 Å². The zero-order chi connectivity index (χ0) is 16.7. The Bertz CT molecular complexity index is 867. The Kier molecular flexibility index (Phi) is 4.02. The second-order valence-electron chi connectivity index (χ2n) is 5.92. The highest BCUT2D eigenvalue weighted by Gasteiger charge is 2.33. The quantitative estimate of drug-likeness (QED) is 0.779. The van der Waals surface area contributed by atoms with E-state index in [1.165, 1.54) is 0 Å². The molecule has 0 saturated carbocycles. The minimum Gasteiger partial charge on any atom is -0.454 e. The maximum absolute atomic E-state index is 12.8. The summed E-state index contributed by atoms with van der Waals surface area (Å²) < 4.78 is 38.7. The van der Waals surface area contributed by atoms with E-state index < -0.39 is 10.0 Å². The monoisotopic (exact) mass is 409 g/mol. The average Bonchev–Trinajstić information content (AvgIpc) is 3.24. The maximum atomic E-state index is 12.8. The third-order valence-electron chi connectivity index (χ3n) is 4.47. The van der Waals surface area contributed by atoms with Crippen LogP contribution in [0.25, 0.3) is 0 Å². The lowest BCUT2D eigenvalue weighted by atomic mass is 9.98. The molecule has 2 aromatic carbocycles. The zero-order valence-corrected chi connectivity index (χ0v) is 15.2. The fraction of sp³-hybridized carbons (Fsp3) is 0.294. The highest BCUT2D eigenvalue weighted by atomic mass is 79.9. The number of nitrogens with zero attached hydrogens (tertiary/aromatic N) is 1. The van der Waals surface area contributed by atoms with Crippen LogP contribution in [-0.4, -0.2) is 32.6 Å². The van der Waals surface area contributed by atoms with Gasteiger partial charge in [0.1, 0.15) is 0 Å². The maximum Gasteiger partial charge on any atom is 0.243 e. The van der Waals surface area contributed by atoms with Gasteiger partial charge in [-0.15, -0.1) is 0 Å². The summed E-state index contributed by atoms with van der Waals surface area (Å²) in [5.74, 6) is 1.66. The van der Waals surface area contributed by atoms with Gasteiger partial charge in [0, 0.05) is 17.6 Å². The molecule has 1 fully saturated rings. The van der Waals surface area contributed by atoms with Crippen LogP contribution in [0.3, 0.4) is 0 Å². The molecule has 2 aliphatic heterocycles. The van der Waals surface area contributed by atoms with Gasteiger partial charge in [-0.2, -0.15) is 4.31 Å². The van der Waals surface area contributed by atoms with Gasteiger partial charge in [0.15, 0.2) is 11.5 Å². The fourth-order valence-corrected chi connectivity index (χ4v) is 4.91. The first kappa shape index (κ1) is 15.9. The summed E-state index contributed by atoms with van der Waals surface area (Å²) in [6.45, 7) is 1.25. The number of fused-ring (bicyclic) bond motifs is 1. The van der Waals surface area contributed by atoms with Crippen molar-refractivity contribution in [1.82, 2.24) is 4.31 Å². The van der Waals surface area contributed by atoms with Crippen LogP contribution < -0.4 is 9.47 Å². The average molecular weight is 410 g/mol. The van der Waals surface area contributed by atoms with Crippen molar-refractivity contribution in [3.05, 3.63) is 52.5 Å². The van der Waals surface area contributed by atoms with Crippen LogP contribution in [0.1, 0.15) is 17.9 Å². The molecule has 1 saturated heterocycles. The molecular weight excluding hydrogens is 394 g/mol. The number of hydrogen-bond donors (Lipinski definition) is 0. The van der Waals surface area contributed by atoms with Gasteiger partial charge in [-0.05, 0) is 54.3 Å². The first-order chi connectivity index (χ1) is 11.5. The van der Waals surface area contributed by atoms with Crippen molar-refractivity contribution in [3.8, 4) is 11.5 Å². The Balaban J connectivity index is 1.55. The second-order valence-corrected chi connectivity index (χ2v) is 8.77. The lowest BCUT2D eigenvalue weighted by molar-refractivity contribution is 0.174. The molecule has 0 N–H and O–H groups in total. The van der Waals surface area contributed by atoms with Gasteiger partial charge >= 0.3 is 0 Å². The molecule has 5 nitrogen and oxygen atoms in total. The molecule has 0 aromatic heterocycles. The van der Waals surface area contributed by atoms with E-state index in [1.54, 1.807) is 28.6 Å². The topological polar surface area (TPSA) is 55.8 Å². The number of benzene rings is 2. The van der Waals surface area contributed by atoms with Gasteiger partial charge < -0.3 is 9.47 Å². The lowest BCUT2D eigenvalue weighted by Crippen LogP contribution is -2.28. The molecule has 126 valence electrons. The highest BCUT2D eigenvalue weighted by Crippen LogP contribution is 2.38. The molecular formula is C17H16BrNO4S. The molecule has 2 aromatic rings. The van der Waals surface area contributed by atoms with Gasteiger partial charge in [-0.25, -0.2) is 8.42 Å². The van der Waals surface area contributed by atoms with Crippen molar-refractivity contribution in [2.45, 2.75) is 17.2 Å². The van der Waals surface area contributed by atoms with Gasteiger partial charge in [-0.3, -0.25) is 0 Å². The molecule has 0 bridgehead atoms. The largest absolute Gasteiger partial charge is 0.454 e. The lowest BCUT2D eigenvalue weighted by Gasteiger charge is -2.17. The smallest absolute Gasteiger partial charge is 0.243 e. The zero-order valence-electron chi connectivity index (χ0n) is 12.8. The Morgan fingerprint density at radius 3 is 2.58 bits per heavy atom. The van der Waals surface area contributed by atoms with Crippen LogP contribution in [0.15, 0.2) is 51.8 Å². The molecule has 2 heterocycles. The summed E-state index contributed by atoms with van der Waals surface area (Å²) in [6.07, 6.45) is 0.801. The van der Waals surface area contributed by atoms with Crippen LogP contribution >= 0.6 is 15.9 Å². The van der Waals surface area contributed by atoms with Crippen molar-refractivity contribution in [1.29, 1.82) is 0 Å². The summed E-state index contributed by atoms with van der Waals surface area (Å²) in [7, 11) is -3.45. The number of rotatable bonds is 3. The van der Waals surface area contributed by atoms with Crippen LogP contribution in [0, 0.1) is 0 Å². The van der Waals surface area contributed by atoms with Crippen molar-refractivity contribution < 1.29 is 17.9 Å². The second kappa shape index (κ2) is 6.06. The van der Waals surface area contributed by atoms with E-state index in [-0.39, 0.29) is 12.7 Å². The minimum absolute atomic E-state index is 0.171. The molecule has 1 unspecified atom stereocenters. The van der Waals surface area contributed by atoms with E-state index in [4.69, 9.17) is 9.47 Å². The van der Waals surface area contributed by atoms with Gasteiger partial charge in [0.25, 0.3) is 0 Å². The normalized spacial score (nSPS) is 20.5. The van der Waals surface area contributed by atoms with E-state index in [2.05, 4.69) is 15.9 Å². The van der Waals surface area contributed by atoms with Gasteiger partial charge in [-0.1, -0.05) is 22.0 Å². The Hall–Kier alpha value is -1.57. The van der Waals surface area contributed by atoms with Crippen LogP contribution in [0.5, 0.6) is 11.5 Å². The molecule has 2 aliphatic rings. The number of ether oxygens (including phenoxy) is 2. The molecule has 0 radical (unpaired) electrons. The van der Waals surface area contributed by atoms with Crippen molar-refractivity contribution in [3.63, 3.8) is 0 Å². The molecule has 7 heteroatoms. The van der Waals surface area contributed by atoms with Gasteiger partial charge in [0.05, 0.1) is 4.90 Å². The summed E-state index contributed by atoms with van der Waals surface area (Å²) in [5, 5.41) is 0. The first-order valence-corrected chi connectivity index (χ1v) is 9.92. The highest BCUT2D eigenvalue weighted by molar-refractivity contribution is 9.10. The Labute approximate surface area is 149 Å². The third kappa shape index (κ3) is 2.81. The summed E-state index contributed by atoms with van der Waals surface area (Å²) in [6, 6.07) is 12.6. The molecule has 0 aliphatic carbocycles. The molecule has 0 spiro atoms. The van der Waals surface area contributed by atoms with Crippen LogP contribution in [0.4, 0.5) is 0 Å². The number of halogens is 1. The predicted molar refractivity (Wildman–Crippen MR) is 92.8 cm³/mol. The van der Waals surface area contributed by atoms with Crippen molar-refractivity contribution in [2.75, 3.05) is 19.9 Å². The SMILES string of the molecule is O=S(=O)(c1ccc(Br)cc1)N1CCC(c2ccc3c(c2)OCO3)C1.